The van der Waals surface area contributed by atoms with Crippen LogP contribution in [0.5, 0.6) is 0 Å². The Morgan fingerprint density at radius 3 is 2.08 bits per heavy atom. The van der Waals surface area contributed by atoms with E-state index in [9.17, 15) is 0 Å². The largest absolute Gasteiger partial charge is 0.473 e. The van der Waals surface area contributed by atoms with E-state index in [4.69, 9.17) is 29.3 Å². The summed E-state index contributed by atoms with van der Waals surface area (Å²) in [7, 11) is 0. The van der Waals surface area contributed by atoms with Gasteiger partial charge in [-0.3, -0.25) is 4.90 Å². The smallest absolute Gasteiger partial charge is 0.414 e. The quantitative estimate of drug-likeness (QED) is 0.689. The highest BCUT2D eigenvalue weighted by Gasteiger charge is 2.08. The minimum absolute atomic E-state index is 0.159. The second-order valence-corrected chi connectivity index (χ2v) is 5.04. The van der Waals surface area contributed by atoms with Crippen molar-refractivity contribution in [3.63, 3.8) is 0 Å². The monoisotopic (exact) mass is 335 g/mol. The molecule has 7 nitrogen and oxygen atoms in total. The molecule has 130 valence electrons. The summed E-state index contributed by atoms with van der Waals surface area (Å²) in [4.78, 5) is 20.4. The molecule has 0 spiro atoms. The highest BCUT2D eigenvalue weighted by Crippen LogP contribution is 2.12. The zero-order chi connectivity index (χ0) is 17.9. The maximum atomic E-state index is 9.13. The van der Waals surface area contributed by atoms with Gasteiger partial charge in [-0.1, -0.05) is 30.3 Å². The number of aliphatic hydroxyl groups is 1. The van der Waals surface area contributed by atoms with Gasteiger partial charge in [0.1, 0.15) is 11.5 Å². The van der Waals surface area contributed by atoms with Crippen molar-refractivity contribution in [1.82, 2.24) is 4.90 Å². The summed E-state index contributed by atoms with van der Waals surface area (Å²) < 4.78 is 5.57. The van der Waals surface area contributed by atoms with Gasteiger partial charge in [-0.15, -0.1) is 0 Å². The first-order chi connectivity index (χ1) is 11.4. The highest BCUT2D eigenvalue weighted by molar-refractivity contribution is 6.27. The summed E-state index contributed by atoms with van der Waals surface area (Å²) in [6, 6.07) is 14.2. The Labute approximate surface area is 139 Å². The third kappa shape index (κ3) is 7.57. The molecular formula is C17H21NO6. The Morgan fingerprint density at radius 1 is 1.00 bits per heavy atom. The molecule has 0 fully saturated rings. The fourth-order valence-corrected chi connectivity index (χ4v) is 1.99. The average molecular weight is 335 g/mol. The number of carboxylic acid groups (broad SMARTS) is 2. The first-order valence-electron chi connectivity index (χ1n) is 7.31. The van der Waals surface area contributed by atoms with E-state index in [0.717, 1.165) is 24.6 Å². The van der Waals surface area contributed by atoms with Crippen molar-refractivity contribution in [3.05, 3.63) is 59.5 Å². The molecule has 2 rings (SSSR count). The van der Waals surface area contributed by atoms with Crippen LogP contribution < -0.4 is 0 Å². The number of aryl methyl sites for hydroxylation is 1. The Bertz CT molecular complexity index is 626. The Hall–Kier alpha value is -2.64. The van der Waals surface area contributed by atoms with Gasteiger partial charge in [-0.2, -0.15) is 0 Å². The van der Waals surface area contributed by atoms with Crippen LogP contribution in [0.25, 0.3) is 0 Å². The summed E-state index contributed by atoms with van der Waals surface area (Å²) >= 11 is 0. The lowest BCUT2D eigenvalue weighted by atomic mass is 10.2. The maximum absolute atomic E-state index is 9.13. The van der Waals surface area contributed by atoms with Crippen molar-refractivity contribution in [3.8, 4) is 0 Å². The van der Waals surface area contributed by atoms with Gasteiger partial charge in [0.05, 0.1) is 13.2 Å². The normalized spacial score (nSPS) is 10.1. The summed E-state index contributed by atoms with van der Waals surface area (Å²) in [5.74, 6) is -1.78. The van der Waals surface area contributed by atoms with E-state index in [1.807, 2.05) is 37.3 Å². The van der Waals surface area contributed by atoms with Crippen molar-refractivity contribution < 1.29 is 29.3 Å². The Morgan fingerprint density at radius 2 is 1.62 bits per heavy atom. The highest BCUT2D eigenvalue weighted by atomic mass is 16.4. The molecule has 0 saturated carbocycles. The number of carboxylic acids is 2. The van der Waals surface area contributed by atoms with E-state index < -0.39 is 11.9 Å². The van der Waals surface area contributed by atoms with Crippen LogP contribution in [0.1, 0.15) is 17.1 Å². The van der Waals surface area contributed by atoms with Crippen LogP contribution in [-0.2, 0) is 22.7 Å². The molecule has 1 aromatic carbocycles. The molecule has 1 heterocycles. The molecule has 0 bridgehead atoms. The van der Waals surface area contributed by atoms with Gasteiger partial charge < -0.3 is 19.7 Å². The summed E-state index contributed by atoms with van der Waals surface area (Å²) in [6.45, 7) is 4.29. The molecule has 0 unspecified atom stereocenters. The number of benzene rings is 1. The summed E-state index contributed by atoms with van der Waals surface area (Å²) in [6.07, 6.45) is 0. The third-order valence-electron chi connectivity index (χ3n) is 3.02. The standard InChI is InChI=1S/C15H19NO2.C2H2O4/c1-13-7-8-15(18-13)12-16(9-10-17)11-14-5-3-2-4-6-14;3-1(4)2(5)6/h2-8,17H,9-12H2,1H3;(H,3,4)(H,5,6). The molecule has 7 heteroatoms. The number of furan rings is 1. The van der Waals surface area contributed by atoms with Gasteiger partial charge in [0.25, 0.3) is 0 Å². The van der Waals surface area contributed by atoms with Gasteiger partial charge >= 0.3 is 11.9 Å². The van der Waals surface area contributed by atoms with Crippen LogP contribution in [-0.4, -0.2) is 45.3 Å². The van der Waals surface area contributed by atoms with Crippen LogP contribution in [0.15, 0.2) is 46.9 Å². The molecule has 0 saturated heterocycles. The number of hydrogen-bond acceptors (Lipinski definition) is 5. The summed E-state index contributed by atoms with van der Waals surface area (Å²) in [5.41, 5.74) is 1.24. The molecule has 1 aromatic heterocycles. The van der Waals surface area contributed by atoms with Gasteiger partial charge in [-0.05, 0) is 24.6 Å². The second kappa shape index (κ2) is 10.2. The van der Waals surface area contributed by atoms with E-state index in [2.05, 4.69) is 17.0 Å². The molecule has 0 aliphatic heterocycles. The van der Waals surface area contributed by atoms with Crippen molar-refractivity contribution in [2.45, 2.75) is 20.0 Å². The maximum Gasteiger partial charge on any atom is 0.414 e. The Balaban J connectivity index is 0.000000413. The van der Waals surface area contributed by atoms with Crippen molar-refractivity contribution in [2.75, 3.05) is 13.2 Å². The lowest BCUT2D eigenvalue weighted by Crippen LogP contribution is -2.25. The average Bonchev–Trinajstić information content (AvgIpc) is 2.94. The third-order valence-corrected chi connectivity index (χ3v) is 3.02. The first-order valence-corrected chi connectivity index (χ1v) is 7.31. The van der Waals surface area contributed by atoms with E-state index in [-0.39, 0.29) is 6.61 Å². The van der Waals surface area contributed by atoms with Gasteiger partial charge in [0, 0.05) is 13.1 Å². The number of carbonyl (C=O) groups is 2. The van der Waals surface area contributed by atoms with Gasteiger partial charge in [0.2, 0.25) is 0 Å². The Kier molecular flexibility index (Phi) is 8.24. The van der Waals surface area contributed by atoms with Crippen molar-refractivity contribution in [2.24, 2.45) is 0 Å². The van der Waals surface area contributed by atoms with Crippen LogP contribution >= 0.6 is 0 Å². The lowest BCUT2D eigenvalue weighted by molar-refractivity contribution is -0.159. The minimum atomic E-state index is -1.82. The predicted molar refractivity (Wildman–Crippen MR) is 86.4 cm³/mol. The molecule has 0 aliphatic rings. The molecule has 0 radical (unpaired) electrons. The van der Waals surface area contributed by atoms with Crippen molar-refractivity contribution >= 4 is 11.9 Å². The zero-order valence-corrected chi connectivity index (χ0v) is 13.4. The number of nitrogens with zero attached hydrogens (tertiary/aromatic N) is 1. The van der Waals surface area contributed by atoms with E-state index in [1.165, 1.54) is 5.56 Å². The second-order valence-electron chi connectivity index (χ2n) is 5.04. The number of aliphatic carboxylic acids is 2. The van der Waals surface area contributed by atoms with Gasteiger partial charge in [-0.25, -0.2) is 9.59 Å². The van der Waals surface area contributed by atoms with E-state index >= 15 is 0 Å². The topological polar surface area (TPSA) is 111 Å². The fraction of sp³-hybridized carbons (Fsp3) is 0.294. The molecule has 24 heavy (non-hydrogen) atoms. The SMILES string of the molecule is Cc1ccc(CN(CCO)Cc2ccccc2)o1.O=C(O)C(=O)O. The first kappa shape index (κ1) is 19.4. The van der Waals surface area contributed by atoms with Gasteiger partial charge in [0.15, 0.2) is 0 Å². The van der Waals surface area contributed by atoms with E-state index in [1.54, 1.807) is 0 Å². The van der Waals surface area contributed by atoms with Crippen molar-refractivity contribution in [1.29, 1.82) is 0 Å². The lowest BCUT2D eigenvalue weighted by Gasteiger charge is -2.20. The molecule has 0 atom stereocenters. The van der Waals surface area contributed by atoms with E-state index in [0.29, 0.717) is 6.54 Å². The van der Waals surface area contributed by atoms with Crippen LogP contribution in [0, 0.1) is 6.92 Å². The fourth-order valence-electron chi connectivity index (χ4n) is 1.99. The summed E-state index contributed by atoms with van der Waals surface area (Å²) in [5, 5.41) is 23.9. The number of hydrogen-bond donors (Lipinski definition) is 3. The molecule has 0 amide bonds. The zero-order valence-electron chi connectivity index (χ0n) is 13.4. The predicted octanol–water partition coefficient (Wildman–Crippen LogP) is 1.74. The minimum Gasteiger partial charge on any atom is -0.473 e. The number of aliphatic hydroxyl groups excluding tert-OH is 1. The number of rotatable bonds is 6. The van der Waals surface area contributed by atoms with Crippen LogP contribution in [0.3, 0.4) is 0 Å². The molecule has 2 aromatic rings. The molecule has 3 N–H and O–H groups in total. The molecule has 0 aliphatic carbocycles. The van der Waals surface area contributed by atoms with Crippen LogP contribution in [0.4, 0.5) is 0 Å². The van der Waals surface area contributed by atoms with Crippen LogP contribution in [0.2, 0.25) is 0 Å². The molecular weight excluding hydrogens is 314 g/mol.